The number of hydrogen-bond donors (Lipinski definition) is 2. The molecule has 0 aliphatic rings. The molecule has 0 bridgehead atoms. The highest BCUT2D eigenvalue weighted by atomic mass is 19.4. The third kappa shape index (κ3) is 4.86. The van der Waals surface area contributed by atoms with Crippen molar-refractivity contribution in [3.05, 3.63) is 34.9 Å². The molecule has 0 heterocycles. The Labute approximate surface area is 134 Å². The van der Waals surface area contributed by atoms with E-state index in [-0.39, 0.29) is 6.42 Å². The van der Waals surface area contributed by atoms with Gasteiger partial charge in [-0.15, -0.1) is 0 Å². The third-order valence-electron chi connectivity index (χ3n) is 3.60. The number of halogens is 6. The van der Waals surface area contributed by atoms with Crippen LogP contribution < -0.4 is 5.73 Å². The number of carbonyl (C=O) groups is 1. The van der Waals surface area contributed by atoms with Gasteiger partial charge in [-0.05, 0) is 43.4 Å². The molecule has 1 aromatic rings. The van der Waals surface area contributed by atoms with Gasteiger partial charge in [-0.25, -0.2) is 0 Å². The van der Waals surface area contributed by atoms with E-state index in [9.17, 15) is 31.1 Å². The maximum atomic E-state index is 13.0. The van der Waals surface area contributed by atoms with Crippen LogP contribution in [0.2, 0.25) is 0 Å². The molecule has 9 heteroatoms. The Morgan fingerprint density at radius 3 is 1.88 bits per heavy atom. The molecule has 0 radical (unpaired) electrons. The van der Waals surface area contributed by atoms with Crippen molar-refractivity contribution in [2.45, 2.75) is 44.6 Å². The number of hydrogen-bond acceptors (Lipinski definition) is 2. The molecule has 0 spiro atoms. The molecule has 2 atom stereocenters. The molecular weight excluding hydrogens is 340 g/mol. The van der Waals surface area contributed by atoms with Crippen molar-refractivity contribution in [1.82, 2.24) is 0 Å². The van der Waals surface area contributed by atoms with Crippen molar-refractivity contribution < 1.29 is 36.2 Å². The first-order valence-corrected chi connectivity index (χ1v) is 6.95. The Morgan fingerprint density at radius 1 is 1.12 bits per heavy atom. The molecule has 2 unspecified atom stereocenters. The summed E-state index contributed by atoms with van der Waals surface area (Å²) in [6.07, 6.45) is -10.8. The summed E-state index contributed by atoms with van der Waals surface area (Å²) < 4.78 is 78.3. The highest BCUT2D eigenvalue weighted by Crippen LogP contribution is 2.40. The summed E-state index contributed by atoms with van der Waals surface area (Å²) in [5.41, 5.74) is 0.122. The van der Waals surface area contributed by atoms with Crippen LogP contribution in [0.15, 0.2) is 18.2 Å². The van der Waals surface area contributed by atoms with E-state index in [0.717, 1.165) is 6.92 Å². The van der Waals surface area contributed by atoms with E-state index in [0.29, 0.717) is 18.2 Å². The molecule has 1 aromatic carbocycles. The largest absolute Gasteiger partial charge is 0.480 e. The minimum atomic E-state index is -4.95. The number of carboxylic acid groups (broad SMARTS) is 1. The van der Waals surface area contributed by atoms with Crippen LogP contribution in [0, 0.1) is 5.92 Å². The van der Waals surface area contributed by atoms with E-state index in [1.165, 1.54) is 6.92 Å². The number of benzene rings is 1. The fraction of sp³-hybridized carbons (Fsp3) is 0.533. The van der Waals surface area contributed by atoms with E-state index >= 15 is 0 Å². The van der Waals surface area contributed by atoms with Gasteiger partial charge < -0.3 is 10.8 Å². The zero-order valence-corrected chi connectivity index (χ0v) is 12.9. The van der Waals surface area contributed by atoms with Gasteiger partial charge in [-0.2, -0.15) is 26.3 Å². The zero-order chi connectivity index (χ0) is 18.9. The summed E-state index contributed by atoms with van der Waals surface area (Å²) in [5, 5.41) is 8.94. The van der Waals surface area contributed by atoms with E-state index in [4.69, 9.17) is 10.8 Å². The molecule has 3 nitrogen and oxygen atoms in total. The van der Waals surface area contributed by atoms with E-state index in [1.54, 1.807) is 0 Å². The molecule has 1 rings (SSSR count). The summed E-state index contributed by atoms with van der Waals surface area (Å²) in [6, 6.07) is 1.86. The van der Waals surface area contributed by atoms with Crippen LogP contribution >= 0.6 is 0 Å². The van der Waals surface area contributed by atoms with Gasteiger partial charge in [0.25, 0.3) is 0 Å². The minimum absolute atomic E-state index is 0.272. The predicted octanol–water partition coefficient (Wildman–Crippen LogP) is 4.09. The van der Waals surface area contributed by atoms with Crippen LogP contribution in [0.25, 0.3) is 0 Å². The van der Waals surface area contributed by atoms with Gasteiger partial charge in [0.2, 0.25) is 0 Å². The van der Waals surface area contributed by atoms with Gasteiger partial charge in [-0.3, -0.25) is 4.79 Å². The number of alkyl halides is 6. The van der Waals surface area contributed by atoms with Gasteiger partial charge in [0.05, 0.1) is 11.1 Å². The molecule has 0 aliphatic heterocycles. The van der Waals surface area contributed by atoms with Crippen molar-refractivity contribution in [2.75, 3.05) is 0 Å². The van der Waals surface area contributed by atoms with Crippen LogP contribution in [0.5, 0.6) is 0 Å². The second-order valence-corrected chi connectivity index (χ2v) is 6.06. The predicted molar refractivity (Wildman–Crippen MR) is 74.2 cm³/mol. The topological polar surface area (TPSA) is 63.3 Å². The lowest BCUT2D eigenvalue weighted by Gasteiger charge is -2.26. The van der Waals surface area contributed by atoms with Crippen molar-refractivity contribution in [1.29, 1.82) is 0 Å². The highest BCUT2D eigenvalue weighted by molar-refractivity contribution is 5.77. The number of aliphatic carboxylic acids is 1. The first-order valence-electron chi connectivity index (χ1n) is 6.95. The summed E-state index contributed by atoms with van der Waals surface area (Å²) in [5.74, 6) is -2.18. The molecule has 0 fully saturated rings. The number of rotatable bonds is 5. The molecule has 0 saturated carbocycles. The quantitative estimate of drug-likeness (QED) is 0.780. The maximum Gasteiger partial charge on any atom is 0.416 e. The van der Waals surface area contributed by atoms with E-state index in [1.807, 2.05) is 0 Å². The monoisotopic (exact) mass is 357 g/mol. The summed E-state index contributed by atoms with van der Waals surface area (Å²) in [4.78, 5) is 11.0. The van der Waals surface area contributed by atoms with E-state index in [2.05, 4.69) is 0 Å². The molecule has 0 amide bonds. The lowest BCUT2D eigenvalue weighted by Crippen LogP contribution is -2.46. The molecule has 136 valence electrons. The second-order valence-electron chi connectivity index (χ2n) is 6.06. The summed E-state index contributed by atoms with van der Waals surface area (Å²) in [6.45, 7) is 2.52. The normalized spacial score (nSPS) is 16.5. The SMILES string of the molecule is CC(Cc1c(C(F)(F)F)cccc1C(F)(F)F)CC(C)(N)C(=O)O. The van der Waals surface area contributed by atoms with E-state index < -0.39 is 52.9 Å². The Morgan fingerprint density at radius 2 is 1.54 bits per heavy atom. The summed E-state index contributed by atoms with van der Waals surface area (Å²) >= 11 is 0. The first-order chi connectivity index (χ1) is 10.7. The minimum Gasteiger partial charge on any atom is -0.480 e. The molecule has 0 aromatic heterocycles. The van der Waals surface area contributed by atoms with Crippen LogP contribution in [0.1, 0.15) is 37.0 Å². The lowest BCUT2D eigenvalue weighted by atomic mass is 9.84. The summed E-state index contributed by atoms with van der Waals surface area (Å²) in [7, 11) is 0. The number of carboxylic acids is 1. The van der Waals surface area contributed by atoms with Gasteiger partial charge >= 0.3 is 18.3 Å². The zero-order valence-electron chi connectivity index (χ0n) is 12.9. The molecule has 3 N–H and O–H groups in total. The van der Waals surface area contributed by atoms with Crippen LogP contribution in [-0.2, 0) is 23.6 Å². The molecule has 24 heavy (non-hydrogen) atoms. The number of nitrogens with two attached hydrogens (primary N) is 1. The van der Waals surface area contributed by atoms with Gasteiger partial charge in [0, 0.05) is 0 Å². The first kappa shape index (κ1) is 20.3. The fourth-order valence-corrected chi connectivity index (χ4v) is 2.57. The molecule has 0 saturated heterocycles. The van der Waals surface area contributed by atoms with Crippen molar-refractivity contribution in [3.8, 4) is 0 Å². The maximum absolute atomic E-state index is 13.0. The van der Waals surface area contributed by atoms with Crippen LogP contribution in [0.4, 0.5) is 26.3 Å². The smallest absolute Gasteiger partial charge is 0.416 e. The second kappa shape index (κ2) is 6.62. The Balaban J connectivity index is 3.28. The van der Waals surface area contributed by atoms with Crippen LogP contribution in [0.3, 0.4) is 0 Å². The third-order valence-corrected chi connectivity index (χ3v) is 3.60. The average molecular weight is 357 g/mol. The average Bonchev–Trinajstić information content (AvgIpc) is 2.35. The van der Waals surface area contributed by atoms with Crippen LogP contribution in [-0.4, -0.2) is 16.6 Å². The van der Waals surface area contributed by atoms with Gasteiger partial charge in [0.1, 0.15) is 5.54 Å². The Hall–Kier alpha value is -1.77. The standard InChI is InChI=1S/C15H17F6NO2/c1-8(7-13(2,22)12(23)24)6-9-10(14(16,17)18)4-3-5-11(9)15(19,20)21/h3-5,8H,6-7,22H2,1-2H3,(H,23,24). The highest BCUT2D eigenvalue weighted by Gasteiger charge is 2.41. The Bertz CT molecular complexity index is 575. The van der Waals surface area contributed by atoms with Crippen molar-refractivity contribution >= 4 is 5.97 Å². The fourth-order valence-electron chi connectivity index (χ4n) is 2.57. The van der Waals surface area contributed by atoms with Crippen molar-refractivity contribution in [3.63, 3.8) is 0 Å². The van der Waals surface area contributed by atoms with Gasteiger partial charge in [0.15, 0.2) is 0 Å². The van der Waals surface area contributed by atoms with Gasteiger partial charge in [-0.1, -0.05) is 13.0 Å². The molecule has 0 aliphatic carbocycles. The lowest BCUT2D eigenvalue weighted by molar-refractivity contribution is -0.145. The molecular formula is C15H17F6NO2. The Kier molecular flexibility index (Phi) is 5.59. The van der Waals surface area contributed by atoms with Crippen molar-refractivity contribution in [2.24, 2.45) is 11.7 Å².